The number of hydrogen-bond donors (Lipinski definition) is 0. The Labute approximate surface area is 285 Å². The zero-order valence-corrected chi connectivity index (χ0v) is 27.3. The molecule has 1 aromatic heterocycles. The summed E-state index contributed by atoms with van der Waals surface area (Å²) < 4.78 is 0. The van der Waals surface area contributed by atoms with Crippen molar-refractivity contribution in [2.24, 2.45) is 9.98 Å². The zero-order valence-electron chi connectivity index (χ0n) is 27.3. The monoisotopic (exact) mass is 627 g/mol. The van der Waals surface area contributed by atoms with Crippen molar-refractivity contribution in [2.45, 2.75) is 19.8 Å². The molecule has 3 heteroatoms. The van der Waals surface area contributed by atoms with E-state index in [4.69, 9.17) is 15.0 Å². The average molecular weight is 628 g/mol. The third-order valence-electron chi connectivity index (χ3n) is 9.78. The van der Waals surface area contributed by atoms with Crippen LogP contribution in [0.25, 0.3) is 60.0 Å². The van der Waals surface area contributed by atoms with Crippen LogP contribution >= 0.6 is 0 Å². The summed E-state index contributed by atoms with van der Waals surface area (Å²) >= 11 is 0. The van der Waals surface area contributed by atoms with Crippen LogP contribution in [0, 0.1) is 0 Å². The van der Waals surface area contributed by atoms with E-state index >= 15 is 0 Å². The maximum Gasteiger partial charge on any atom is 0.160 e. The number of amidine groups is 1. The normalized spacial score (nSPS) is 15.3. The Kier molecular flexibility index (Phi) is 7.17. The van der Waals surface area contributed by atoms with Gasteiger partial charge in [-0.3, -0.25) is 4.98 Å². The molecule has 232 valence electrons. The first-order valence-corrected chi connectivity index (χ1v) is 16.9. The molecule has 0 N–H and O–H groups in total. The van der Waals surface area contributed by atoms with Gasteiger partial charge in [0.05, 0.1) is 16.9 Å². The predicted molar refractivity (Wildman–Crippen MR) is 207 cm³/mol. The molecule has 8 aromatic rings. The van der Waals surface area contributed by atoms with Crippen molar-refractivity contribution in [3.63, 3.8) is 0 Å². The number of fused-ring (bicyclic) bond motifs is 6. The van der Waals surface area contributed by atoms with Gasteiger partial charge in [0, 0.05) is 22.7 Å². The summed E-state index contributed by atoms with van der Waals surface area (Å²) in [5, 5.41) is 8.26. The molecule has 49 heavy (non-hydrogen) atoms. The average Bonchev–Trinajstić information content (AvgIpc) is 3.16. The lowest BCUT2D eigenvalue weighted by molar-refractivity contribution is 1.00. The molecule has 0 atom stereocenters. The van der Waals surface area contributed by atoms with Crippen molar-refractivity contribution in [3.05, 3.63) is 180 Å². The maximum absolute atomic E-state index is 5.50. The minimum atomic E-state index is 0.709. The summed E-state index contributed by atoms with van der Waals surface area (Å²) in [4.78, 5) is 15.8. The molecular formula is C46H33N3. The van der Waals surface area contributed by atoms with E-state index < -0.39 is 0 Å². The standard InChI is InChI=1S/C46H33N3/c1-30-18-25-42(37-22-21-35-27-34(19-20-36(35)28-37)31-11-4-2-5-12-31)48-46(49-45(30)33-14-6-3-7-15-33)41-29-43-40(17-10-26-47-43)44-38-16-9-8-13-32(38)23-24-39(41)44/h2-17,19-24,26-29H,18,25H2,1H3/b45-30+,48-42?,49-46?. The first-order valence-electron chi connectivity index (χ1n) is 16.9. The van der Waals surface area contributed by atoms with Gasteiger partial charge in [-0.15, -0.1) is 0 Å². The smallest absolute Gasteiger partial charge is 0.160 e. The number of aliphatic imine (C=N–C) groups is 2. The van der Waals surface area contributed by atoms with Crippen molar-refractivity contribution < 1.29 is 0 Å². The summed E-state index contributed by atoms with van der Waals surface area (Å²) in [6.07, 6.45) is 3.55. The Morgan fingerprint density at radius 1 is 0.469 bits per heavy atom. The van der Waals surface area contributed by atoms with E-state index in [9.17, 15) is 0 Å². The number of pyridine rings is 1. The number of benzene rings is 7. The van der Waals surface area contributed by atoms with Gasteiger partial charge in [0.15, 0.2) is 5.84 Å². The minimum Gasteiger partial charge on any atom is -0.256 e. The molecule has 0 saturated carbocycles. The van der Waals surface area contributed by atoms with Gasteiger partial charge in [0.1, 0.15) is 0 Å². The van der Waals surface area contributed by atoms with E-state index in [-0.39, 0.29) is 0 Å². The molecule has 1 aliphatic rings. The van der Waals surface area contributed by atoms with Gasteiger partial charge >= 0.3 is 0 Å². The highest BCUT2D eigenvalue weighted by Gasteiger charge is 2.20. The fourth-order valence-electron chi connectivity index (χ4n) is 7.24. The second-order valence-electron chi connectivity index (χ2n) is 12.8. The molecule has 0 aliphatic carbocycles. The van der Waals surface area contributed by atoms with E-state index in [2.05, 4.69) is 153 Å². The van der Waals surface area contributed by atoms with E-state index in [0.29, 0.717) is 5.84 Å². The van der Waals surface area contributed by atoms with Crippen LogP contribution in [0.3, 0.4) is 0 Å². The van der Waals surface area contributed by atoms with Crippen molar-refractivity contribution in [3.8, 4) is 11.1 Å². The number of rotatable bonds is 4. The fraction of sp³-hybridized carbons (Fsp3) is 0.0652. The lowest BCUT2D eigenvalue weighted by atomic mass is 9.93. The van der Waals surface area contributed by atoms with E-state index in [1.165, 1.54) is 43.6 Å². The van der Waals surface area contributed by atoms with Crippen LogP contribution in [-0.4, -0.2) is 16.5 Å². The highest BCUT2D eigenvalue weighted by Crippen LogP contribution is 2.36. The largest absolute Gasteiger partial charge is 0.256 e. The second kappa shape index (κ2) is 12.1. The van der Waals surface area contributed by atoms with Crippen LogP contribution in [-0.2, 0) is 0 Å². The minimum absolute atomic E-state index is 0.709. The molecule has 0 saturated heterocycles. The highest BCUT2D eigenvalue weighted by atomic mass is 14.9. The molecule has 0 bridgehead atoms. The van der Waals surface area contributed by atoms with Gasteiger partial charge in [0.2, 0.25) is 0 Å². The van der Waals surface area contributed by atoms with E-state index in [1.807, 2.05) is 12.3 Å². The summed E-state index contributed by atoms with van der Waals surface area (Å²) in [7, 11) is 0. The summed E-state index contributed by atoms with van der Waals surface area (Å²) in [5.41, 5.74) is 9.86. The van der Waals surface area contributed by atoms with Gasteiger partial charge in [-0.1, -0.05) is 127 Å². The van der Waals surface area contributed by atoms with Gasteiger partial charge in [-0.2, -0.15) is 0 Å². The van der Waals surface area contributed by atoms with Crippen LogP contribution in [0.2, 0.25) is 0 Å². The van der Waals surface area contributed by atoms with Crippen LogP contribution < -0.4 is 0 Å². The first kappa shape index (κ1) is 29.0. The number of allylic oxidation sites excluding steroid dienone is 1. The van der Waals surface area contributed by atoms with Gasteiger partial charge in [-0.25, -0.2) is 9.98 Å². The van der Waals surface area contributed by atoms with Crippen LogP contribution in [0.15, 0.2) is 173 Å². The van der Waals surface area contributed by atoms with Crippen LogP contribution in [0.5, 0.6) is 0 Å². The molecule has 0 spiro atoms. The lowest BCUT2D eigenvalue weighted by Crippen LogP contribution is -2.11. The molecule has 0 unspecified atom stereocenters. The maximum atomic E-state index is 5.50. The highest BCUT2D eigenvalue weighted by molar-refractivity contribution is 6.27. The Balaban J connectivity index is 1.27. The quantitative estimate of drug-likeness (QED) is 0.179. The predicted octanol–water partition coefficient (Wildman–Crippen LogP) is 11.8. The molecule has 0 fully saturated rings. The van der Waals surface area contributed by atoms with Gasteiger partial charge < -0.3 is 0 Å². The molecule has 2 heterocycles. The summed E-state index contributed by atoms with van der Waals surface area (Å²) in [5.74, 6) is 0.709. The van der Waals surface area contributed by atoms with Crippen molar-refractivity contribution in [1.82, 2.24) is 4.98 Å². The Hall–Kier alpha value is -6.19. The molecular weight excluding hydrogens is 595 g/mol. The Morgan fingerprint density at radius 3 is 1.96 bits per heavy atom. The molecule has 3 nitrogen and oxygen atoms in total. The SMILES string of the molecule is C/C1=C(/c2ccccc2)N=C(c2cc3ncccc3c3c2ccc2ccccc23)N=C(c2ccc3cc(-c4ccccc4)ccc3c2)CC1. The van der Waals surface area contributed by atoms with Crippen LogP contribution in [0.1, 0.15) is 36.5 Å². The van der Waals surface area contributed by atoms with Crippen molar-refractivity contribution in [2.75, 3.05) is 0 Å². The fourth-order valence-corrected chi connectivity index (χ4v) is 7.24. The summed E-state index contributed by atoms with van der Waals surface area (Å²) in [6.45, 7) is 2.21. The molecule has 9 rings (SSSR count). The molecule has 7 aromatic carbocycles. The third-order valence-corrected chi connectivity index (χ3v) is 9.78. The number of hydrogen-bond acceptors (Lipinski definition) is 3. The van der Waals surface area contributed by atoms with Crippen molar-refractivity contribution in [1.29, 1.82) is 0 Å². The topological polar surface area (TPSA) is 37.6 Å². The third kappa shape index (κ3) is 5.30. The lowest BCUT2D eigenvalue weighted by Gasteiger charge is -2.18. The Bertz CT molecular complexity index is 2630. The van der Waals surface area contributed by atoms with Gasteiger partial charge in [-0.05, 0) is 98.6 Å². The molecule has 0 amide bonds. The van der Waals surface area contributed by atoms with E-state index in [1.54, 1.807) is 0 Å². The van der Waals surface area contributed by atoms with E-state index in [0.717, 1.165) is 57.2 Å². The Morgan fingerprint density at radius 2 is 1.14 bits per heavy atom. The zero-order chi connectivity index (χ0) is 32.7. The number of aromatic nitrogens is 1. The van der Waals surface area contributed by atoms with Gasteiger partial charge in [0.25, 0.3) is 0 Å². The van der Waals surface area contributed by atoms with Crippen LogP contribution in [0.4, 0.5) is 0 Å². The number of nitrogens with zero attached hydrogens (tertiary/aromatic N) is 3. The summed E-state index contributed by atoms with van der Waals surface area (Å²) in [6, 6.07) is 53.9. The molecule has 0 radical (unpaired) electrons. The second-order valence-corrected chi connectivity index (χ2v) is 12.8. The molecule has 1 aliphatic heterocycles. The van der Waals surface area contributed by atoms with Crippen molar-refractivity contribution >= 4 is 60.5 Å². The first-order chi connectivity index (χ1) is 24.2.